The summed E-state index contributed by atoms with van der Waals surface area (Å²) < 4.78 is 5.52. The van der Waals surface area contributed by atoms with Gasteiger partial charge in [-0.25, -0.2) is 5.32 Å². The molecule has 1 heterocycles. The molecule has 0 aromatic rings. The second-order valence-corrected chi connectivity index (χ2v) is 3.28. The van der Waals surface area contributed by atoms with Crippen molar-refractivity contribution in [2.24, 2.45) is 5.92 Å². The van der Waals surface area contributed by atoms with Crippen LogP contribution >= 0.6 is 0 Å². The van der Waals surface area contributed by atoms with E-state index in [1.807, 2.05) is 0 Å². The molecule has 0 N–H and O–H groups in total. The summed E-state index contributed by atoms with van der Waals surface area (Å²) in [6.07, 6.45) is 5.93. The van der Waals surface area contributed by atoms with Gasteiger partial charge in [0.25, 0.3) is 0 Å². The fraction of sp³-hybridized carbons (Fsp3) is 1.00. The van der Waals surface area contributed by atoms with Crippen molar-refractivity contribution in [2.45, 2.75) is 31.8 Å². The normalized spacial score (nSPS) is 40.8. The average molecular weight is 140 g/mol. The maximum absolute atomic E-state index is 5.52. The van der Waals surface area contributed by atoms with Gasteiger partial charge in [-0.05, 0) is 18.8 Å². The van der Waals surface area contributed by atoms with Crippen molar-refractivity contribution >= 4 is 0 Å². The van der Waals surface area contributed by atoms with Crippen molar-refractivity contribution in [3.05, 3.63) is 0 Å². The van der Waals surface area contributed by atoms with Crippen LogP contribution in [0.25, 0.3) is 0 Å². The SMILES string of the molecule is C1CCC2OC[N]CC2C1. The molecule has 1 aliphatic heterocycles. The van der Waals surface area contributed by atoms with E-state index in [-0.39, 0.29) is 0 Å². The summed E-state index contributed by atoms with van der Waals surface area (Å²) in [6, 6.07) is 0. The summed E-state index contributed by atoms with van der Waals surface area (Å²) in [4.78, 5) is 0. The minimum atomic E-state index is 0.561. The summed E-state index contributed by atoms with van der Waals surface area (Å²) in [7, 11) is 0. The zero-order valence-corrected chi connectivity index (χ0v) is 6.25. The van der Waals surface area contributed by atoms with Gasteiger partial charge in [0.1, 0.15) is 6.73 Å². The minimum absolute atomic E-state index is 0.561. The Morgan fingerprint density at radius 1 is 1.20 bits per heavy atom. The van der Waals surface area contributed by atoms with Crippen LogP contribution < -0.4 is 5.32 Å². The van der Waals surface area contributed by atoms with E-state index in [0.29, 0.717) is 12.8 Å². The van der Waals surface area contributed by atoms with E-state index in [1.165, 1.54) is 25.7 Å². The Balaban J connectivity index is 1.93. The molecule has 0 aromatic carbocycles. The Morgan fingerprint density at radius 2 is 2.10 bits per heavy atom. The first kappa shape index (κ1) is 6.62. The van der Waals surface area contributed by atoms with E-state index in [0.717, 1.165) is 12.5 Å². The van der Waals surface area contributed by atoms with Crippen molar-refractivity contribution in [1.29, 1.82) is 0 Å². The standard InChI is InChI=1S/C8H14NO/c1-2-4-8-7(3-1)5-9-6-10-8/h7-8H,1-6H2. The molecular weight excluding hydrogens is 126 g/mol. The van der Waals surface area contributed by atoms with Crippen LogP contribution in [0.3, 0.4) is 0 Å². The lowest BCUT2D eigenvalue weighted by Gasteiger charge is -2.34. The zero-order valence-electron chi connectivity index (χ0n) is 6.25. The predicted molar refractivity (Wildman–Crippen MR) is 38.7 cm³/mol. The molecule has 2 fully saturated rings. The van der Waals surface area contributed by atoms with Crippen LogP contribution in [0.4, 0.5) is 0 Å². The average Bonchev–Trinajstić information content (AvgIpc) is 2.05. The predicted octanol–water partition coefficient (Wildman–Crippen LogP) is 1.14. The van der Waals surface area contributed by atoms with E-state index in [1.54, 1.807) is 0 Å². The van der Waals surface area contributed by atoms with Gasteiger partial charge in [-0.15, -0.1) is 0 Å². The summed E-state index contributed by atoms with van der Waals surface area (Å²) in [5, 5.41) is 4.24. The molecule has 2 nitrogen and oxygen atoms in total. The molecule has 0 bridgehead atoms. The first-order chi connectivity index (χ1) is 4.97. The molecule has 1 saturated heterocycles. The molecule has 0 spiro atoms. The van der Waals surface area contributed by atoms with Gasteiger partial charge in [-0.3, -0.25) is 0 Å². The van der Waals surface area contributed by atoms with E-state index >= 15 is 0 Å². The fourth-order valence-corrected chi connectivity index (χ4v) is 1.97. The van der Waals surface area contributed by atoms with Crippen molar-refractivity contribution in [2.75, 3.05) is 13.3 Å². The Labute approximate surface area is 61.9 Å². The third-order valence-electron chi connectivity index (χ3n) is 2.58. The second-order valence-electron chi connectivity index (χ2n) is 3.28. The van der Waals surface area contributed by atoms with Gasteiger partial charge in [-0.2, -0.15) is 0 Å². The summed E-state index contributed by atoms with van der Waals surface area (Å²) in [6.45, 7) is 1.71. The minimum Gasteiger partial charge on any atom is -0.361 e. The van der Waals surface area contributed by atoms with E-state index in [9.17, 15) is 0 Å². The highest BCUT2D eigenvalue weighted by Crippen LogP contribution is 2.28. The molecule has 2 unspecified atom stereocenters. The lowest BCUT2D eigenvalue weighted by atomic mass is 9.86. The lowest BCUT2D eigenvalue weighted by molar-refractivity contribution is -0.0538. The second kappa shape index (κ2) is 2.89. The summed E-state index contributed by atoms with van der Waals surface area (Å²) in [5.74, 6) is 0.766. The highest BCUT2D eigenvalue weighted by atomic mass is 16.5. The van der Waals surface area contributed by atoms with Crippen LogP contribution in [0.15, 0.2) is 0 Å². The Hall–Kier alpha value is -0.0800. The van der Waals surface area contributed by atoms with Gasteiger partial charge in [0.15, 0.2) is 0 Å². The first-order valence-electron chi connectivity index (χ1n) is 4.21. The monoisotopic (exact) mass is 140 g/mol. The van der Waals surface area contributed by atoms with Gasteiger partial charge in [0, 0.05) is 6.54 Å². The zero-order chi connectivity index (χ0) is 6.81. The van der Waals surface area contributed by atoms with Crippen molar-refractivity contribution < 1.29 is 4.74 Å². The van der Waals surface area contributed by atoms with Crippen LogP contribution in [0.1, 0.15) is 25.7 Å². The van der Waals surface area contributed by atoms with Crippen LogP contribution in [0.5, 0.6) is 0 Å². The van der Waals surface area contributed by atoms with Crippen molar-refractivity contribution in [3.63, 3.8) is 0 Å². The quantitative estimate of drug-likeness (QED) is 0.495. The van der Waals surface area contributed by atoms with Gasteiger partial charge in [0.2, 0.25) is 0 Å². The molecule has 1 radical (unpaired) electrons. The van der Waals surface area contributed by atoms with Crippen LogP contribution in [-0.4, -0.2) is 19.4 Å². The molecule has 2 rings (SSSR count). The number of hydrogen-bond acceptors (Lipinski definition) is 1. The third-order valence-corrected chi connectivity index (χ3v) is 2.58. The molecule has 2 atom stereocenters. The molecule has 0 amide bonds. The molecule has 1 saturated carbocycles. The summed E-state index contributed by atoms with van der Waals surface area (Å²) in [5.41, 5.74) is 0. The number of ether oxygens (including phenoxy) is 1. The van der Waals surface area contributed by atoms with E-state index in [2.05, 4.69) is 5.32 Å². The van der Waals surface area contributed by atoms with Gasteiger partial charge < -0.3 is 4.74 Å². The van der Waals surface area contributed by atoms with Gasteiger partial charge >= 0.3 is 0 Å². The Morgan fingerprint density at radius 3 is 3.00 bits per heavy atom. The van der Waals surface area contributed by atoms with E-state index < -0.39 is 0 Å². The fourth-order valence-electron chi connectivity index (χ4n) is 1.97. The molecule has 2 heteroatoms. The number of hydrogen-bond donors (Lipinski definition) is 0. The smallest absolute Gasteiger partial charge is 0.112 e. The highest BCUT2D eigenvalue weighted by molar-refractivity contribution is 4.79. The van der Waals surface area contributed by atoms with Crippen LogP contribution in [0, 0.1) is 5.92 Å². The van der Waals surface area contributed by atoms with Crippen LogP contribution in [0.2, 0.25) is 0 Å². The maximum Gasteiger partial charge on any atom is 0.112 e. The topological polar surface area (TPSA) is 23.3 Å². The van der Waals surface area contributed by atoms with Crippen molar-refractivity contribution in [1.82, 2.24) is 5.32 Å². The molecular formula is C8H14NO. The number of rotatable bonds is 0. The largest absolute Gasteiger partial charge is 0.361 e. The van der Waals surface area contributed by atoms with Gasteiger partial charge in [-0.1, -0.05) is 12.8 Å². The molecule has 57 valence electrons. The Kier molecular flexibility index (Phi) is 1.91. The first-order valence-corrected chi connectivity index (χ1v) is 4.21. The maximum atomic E-state index is 5.52. The Bertz CT molecular complexity index is 89.8. The molecule has 0 aromatic heterocycles. The number of fused-ring (bicyclic) bond motifs is 1. The number of nitrogens with zero attached hydrogens (tertiary/aromatic N) is 1. The van der Waals surface area contributed by atoms with Gasteiger partial charge in [0.05, 0.1) is 6.10 Å². The molecule has 2 aliphatic rings. The molecule has 1 aliphatic carbocycles. The van der Waals surface area contributed by atoms with Crippen molar-refractivity contribution in [3.8, 4) is 0 Å². The lowest BCUT2D eigenvalue weighted by Crippen LogP contribution is -2.40. The van der Waals surface area contributed by atoms with E-state index in [4.69, 9.17) is 4.74 Å². The molecule has 10 heavy (non-hydrogen) atoms. The summed E-state index contributed by atoms with van der Waals surface area (Å²) >= 11 is 0. The van der Waals surface area contributed by atoms with Crippen LogP contribution in [-0.2, 0) is 4.74 Å². The third kappa shape index (κ3) is 1.18. The highest BCUT2D eigenvalue weighted by Gasteiger charge is 2.28.